The van der Waals surface area contributed by atoms with Crippen LogP contribution in [0.25, 0.3) is 0 Å². The van der Waals surface area contributed by atoms with Crippen LogP contribution >= 0.6 is 0 Å². The fraction of sp³-hybridized carbons (Fsp3) is 0.588. The molecule has 1 aromatic carbocycles. The summed E-state index contributed by atoms with van der Waals surface area (Å²) in [5.74, 6) is 1.34. The van der Waals surface area contributed by atoms with Crippen molar-refractivity contribution in [2.24, 2.45) is 0 Å². The highest BCUT2D eigenvalue weighted by molar-refractivity contribution is 5.95. The molecule has 0 spiro atoms. The van der Waals surface area contributed by atoms with Gasteiger partial charge in [-0.2, -0.15) is 0 Å². The minimum Gasteiger partial charge on any atom is -0.493 e. The van der Waals surface area contributed by atoms with E-state index in [0.717, 1.165) is 6.54 Å². The molecular weight excluding hydrogens is 296 g/mol. The van der Waals surface area contributed by atoms with E-state index in [0.29, 0.717) is 35.4 Å². The van der Waals surface area contributed by atoms with Crippen LogP contribution in [0, 0.1) is 0 Å². The second-order valence-corrected chi connectivity index (χ2v) is 5.72. The lowest BCUT2D eigenvalue weighted by atomic mass is 10.1. The molecule has 1 saturated heterocycles. The molecule has 6 nitrogen and oxygen atoms in total. The molecule has 1 unspecified atom stereocenters. The smallest absolute Gasteiger partial charge is 0.251 e. The Balaban J connectivity index is 2.09. The first-order valence-electron chi connectivity index (χ1n) is 8.07. The maximum atomic E-state index is 12.5. The number of methoxy groups -OCH3 is 3. The van der Waals surface area contributed by atoms with E-state index in [4.69, 9.17) is 14.2 Å². The van der Waals surface area contributed by atoms with Crippen molar-refractivity contribution in [3.05, 3.63) is 17.7 Å². The van der Waals surface area contributed by atoms with E-state index >= 15 is 0 Å². The molecule has 23 heavy (non-hydrogen) atoms. The number of hydrogen-bond acceptors (Lipinski definition) is 4. The Bertz CT molecular complexity index is 522. The molecule has 1 aliphatic rings. The zero-order valence-corrected chi connectivity index (χ0v) is 14.4. The number of hydrogen-bond donors (Lipinski definition) is 2. The van der Waals surface area contributed by atoms with Crippen molar-refractivity contribution >= 4 is 5.91 Å². The highest BCUT2D eigenvalue weighted by Crippen LogP contribution is 2.38. The van der Waals surface area contributed by atoms with E-state index in [1.165, 1.54) is 19.4 Å². The quantitative estimate of drug-likeness (QED) is 0.768. The fourth-order valence-electron chi connectivity index (χ4n) is 3.23. The largest absolute Gasteiger partial charge is 0.493 e. The lowest BCUT2D eigenvalue weighted by Gasteiger charge is -2.20. The molecule has 128 valence electrons. The van der Waals surface area contributed by atoms with Gasteiger partial charge in [0.15, 0.2) is 11.5 Å². The molecule has 2 atom stereocenters. The maximum Gasteiger partial charge on any atom is 0.251 e. The van der Waals surface area contributed by atoms with Crippen molar-refractivity contribution in [1.29, 1.82) is 0 Å². The van der Waals surface area contributed by atoms with Crippen LogP contribution in [0.5, 0.6) is 17.2 Å². The van der Waals surface area contributed by atoms with Gasteiger partial charge in [0.25, 0.3) is 5.91 Å². The van der Waals surface area contributed by atoms with Gasteiger partial charge in [0.1, 0.15) is 6.04 Å². The first-order valence-corrected chi connectivity index (χ1v) is 8.07. The SMILES string of the molecule is CC[NH+]1CCC[C@@H]1CNC(=O)c1cc(OC)c(OC)c(OC)c1. The first-order chi connectivity index (χ1) is 11.1. The maximum absolute atomic E-state index is 12.5. The van der Waals surface area contributed by atoms with Gasteiger partial charge in [-0.25, -0.2) is 0 Å². The number of benzene rings is 1. The summed E-state index contributed by atoms with van der Waals surface area (Å²) in [7, 11) is 4.63. The minimum atomic E-state index is -0.119. The number of carbonyl (C=O) groups is 1. The third kappa shape index (κ3) is 3.88. The highest BCUT2D eigenvalue weighted by atomic mass is 16.5. The number of quaternary nitrogens is 1. The van der Waals surface area contributed by atoms with Crippen LogP contribution in [0.3, 0.4) is 0 Å². The highest BCUT2D eigenvalue weighted by Gasteiger charge is 2.27. The molecule has 2 rings (SSSR count). The van der Waals surface area contributed by atoms with Crippen LogP contribution in [0.4, 0.5) is 0 Å². The zero-order chi connectivity index (χ0) is 16.8. The van der Waals surface area contributed by atoms with Crippen LogP contribution in [0.1, 0.15) is 30.1 Å². The van der Waals surface area contributed by atoms with Gasteiger partial charge in [0.05, 0.1) is 41.0 Å². The van der Waals surface area contributed by atoms with Crippen molar-refractivity contribution in [2.45, 2.75) is 25.8 Å². The summed E-state index contributed by atoms with van der Waals surface area (Å²) in [5, 5.41) is 3.03. The Morgan fingerprint density at radius 3 is 2.39 bits per heavy atom. The third-order valence-electron chi connectivity index (χ3n) is 4.52. The molecule has 0 aromatic heterocycles. The Labute approximate surface area is 137 Å². The minimum absolute atomic E-state index is 0.119. The van der Waals surface area contributed by atoms with Crippen molar-refractivity contribution < 1.29 is 23.9 Å². The van der Waals surface area contributed by atoms with Crippen molar-refractivity contribution in [2.75, 3.05) is 41.0 Å². The standard InChI is InChI=1S/C17H26N2O4/c1-5-19-8-6-7-13(19)11-18-17(20)12-9-14(21-2)16(23-4)15(10-12)22-3/h9-10,13H,5-8,11H2,1-4H3,(H,18,20)/p+1/t13-/m1/s1. The Kier molecular flexibility index (Phi) is 6.10. The van der Waals surface area contributed by atoms with Crippen LogP contribution in [0.15, 0.2) is 12.1 Å². The second kappa shape index (κ2) is 8.06. The van der Waals surface area contributed by atoms with Crippen molar-refractivity contribution in [1.82, 2.24) is 5.32 Å². The van der Waals surface area contributed by atoms with Crippen LogP contribution in [-0.4, -0.2) is 52.9 Å². The van der Waals surface area contributed by atoms with E-state index in [9.17, 15) is 4.79 Å². The molecule has 0 aliphatic carbocycles. The van der Waals surface area contributed by atoms with Gasteiger partial charge in [-0.15, -0.1) is 0 Å². The van der Waals surface area contributed by atoms with Crippen molar-refractivity contribution in [3.8, 4) is 17.2 Å². The number of nitrogens with one attached hydrogen (secondary N) is 2. The summed E-state index contributed by atoms with van der Waals surface area (Å²) in [4.78, 5) is 14.0. The molecule has 1 heterocycles. The fourth-order valence-corrected chi connectivity index (χ4v) is 3.23. The number of likely N-dealkylation sites (tertiary alicyclic amines) is 1. The first kappa shape index (κ1) is 17.4. The molecule has 0 bridgehead atoms. The molecule has 0 saturated carbocycles. The Hall–Kier alpha value is -1.95. The Morgan fingerprint density at radius 2 is 1.87 bits per heavy atom. The summed E-state index contributed by atoms with van der Waals surface area (Å²) in [6.07, 6.45) is 2.40. The van der Waals surface area contributed by atoms with Gasteiger partial charge in [0, 0.05) is 18.4 Å². The van der Waals surface area contributed by atoms with E-state index in [2.05, 4.69) is 12.2 Å². The topological polar surface area (TPSA) is 61.2 Å². The number of amides is 1. The lowest BCUT2D eigenvalue weighted by Crippen LogP contribution is -3.14. The lowest BCUT2D eigenvalue weighted by molar-refractivity contribution is -0.909. The summed E-state index contributed by atoms with van der Waals surface area (Å²) in [5.41, 5.74) is 0.510. The molecule has 1 aliphatic heterocycles. The molecule has 1 fully saturated rings. The average molecular weight is 323 g/mol. The zero-order valence-electron chi connectivity index (χ0n) is 14.4. The van der Waals surface area contributed by atoms with Gasteiger partial charge in [0.2, 0.25) is 5.75 Å². The summed E-state index contributed by atoms with van der Waals surface area (Å²) in [6.45, 7) is 5.18. The second-order valence-electron chi connectivity index (χ2n) is 5.72. The normalized spacial score (nSPS) is 20.2. The number of ether oxygens (including phenoxy) is 3. The molecule has 6 heteroatoms. The van der Waals surface area contributed by atoms with E-state index in [1.807, 2.05) is 0 Å². The van der Waals surface area contributed by atoms with Gasteiger partial charge < -0.3 is 24.4 Å². The number of carbonyl (C=O) groups excluding carboxylic acids is 1. The molecule has 1 amide bonds. The average Bonchev–Trinajstić information content (AvgIpc) is 3.05. The number of rotatable bonds is 7. The monoisotopic (exact) mass is 323 g/mol. The van der Waals surface area contributed by atoms with Crippen LogP contribution in [-0.2, 0) is 0 Å². The molecule has 0 radical (unpaired) electrons. The molecule has 2 N–H and O–H groups in total. The van der Waals surface area contributed by atoms with E-state index in [1.54, 1.807) is 38.4 Å². The van der Waals surface area contributed by atoms with Gasteiger partial charge >= 0.3 is 0 Å². The molecule has 1 aromatic rings. The van der Waals surface area contributed by atoms with E-state index in [-0.39, 0.29) is 5.91 Å². The predicted octanol–water partition coefficient (Wildman–Crippen LogP) is 0.509. The van der Waals surface area contributed by atoms with Gasteiger partial charge in [-0.1, -0.05) is 0 Å². The van der Waals surface area contributed by atoms with Crippen LogP contribution in [0.2, 0.25) is 0 Å². The van der Waals surface area contributed by atoms with E-state index < -0.39 is 0 Å². The summed E-state index contributed by atoms with van der Waals surface area (Å²) in [6, 6.07) is 3.86. The van der Waals surface area contributed by atoms with Crippen LogP contribution < -0.4 is 24.4 Å². The Morgan fingerprint density at radius 1 is 1.22 bits per heavy atom. The van der Waals surface area contributed by atoms with Crippen molar-refractivity contribution in [3.63, 3.8) is 0 Å². The van der Waals surface area contributed by atoms with Gasteiger partial charge in [-0.05, 0) is 19.1 Å². The predicted molar refractivity (Wildman–Crippen MR) is 87.8 cm³/mol. The summed E-state index contributed by atoms with van der Waals surface area (Å²) >= 11 is 0. The summed E-state index contributed by atoms with van der Waals surface area (Å²) < 4.78 is 15.9. The molecular formula is C17H27N2O4+. The number of likely N-dealkylation sites (N-methyl/N-ethyl adjacent to an activating group) is 1. The van der Waals surface area contributed by atoms with Gasteiger partial charge in [-0.3, -0.25) is 4.79 Å². The third-order valence-corrected chi connectivity index (χ3v) is 4.52.